The lowest BCUT2D eigenvalue weighted by Gasteiger charge is -2.33. The van der Waals surface area contributed by atoms with Crippen LogP contribution in [0.2, 0.25) is 5.02 Å². The molecule has 1 aliphatic carbocycles. The quantitative estimate of drug-likeness (QED) is 0.687. The highest BCUT2D eigenvalue weighted by Gasteiger charge is 2.43. The summed E-state index contributed by atoms with van der Waals surface area (Å²) in [5, 5.41) is 0.191. The van der Waals surface area contributed by atoms with Crippen molar-refractivity contribution >= 4 is 27.5 Å². The first-order valence-corrected chi connectivity index (χ1v) is 12.8. The molecule has 3 unspecified atom stereocenters. The lowest BCUT2D eigenvalue weighted by Crippen LogP contribution is -2.42. The first kappa shape index (κ1) is 21.1. The lowest BCUT2D eigenvalue weighted by molar-refractivity contribution is 0.0633. The van der Waals surface area contributed by atoms with Crippen molar-refractivity contribution in [3.05, 3.63) is 28.8 Å². The Morgan fingerprint density at radius 1 is 1.03 bits per heavy atom. The zero-order valence-electron chi connectivity index (χ0n) is 17.1. The van der Waals surface area contributed by atoms with E-state index in [0.717, 1.165) is 44.9 Å². The van der Waals surface area contributed by atoms with E-state index in [1.54, 1.807) is 12.1 Å². The normalized spacial score (nSPS) is 28.8. The molecule has 7 heteroatoms. The Kier molecular flexibility index (Phi) is 6.24. The number of carbonyl (C=O) groups excluding carboxylic acids is 1. The van der Waals surface area contributed by atoms with Gasteiger partial charge in [0, 0.05) is 30.7 Å². The van der Waals surface area contributed by atoms with Crippen LogP contribution in [0.25, 0.3) is 0 Å². The van der Waals surface area contributed by atoms with E-state index in [2.05, 4.69) is 6.92 Å². The molecule has 0 spiro atoms. The van der Waals surface area contributed by atoms with Crippen molar-refractivity contribution in [3.8, 4) is 0 Å². The third-order valence-corrected chi connectivity index (χ3v) is 9.32. The molecular weight excluding hydrogens is 408 g/mol. The highest BCUT2D eigenvalue weighted by molar-refractivity contribution is 7.89. The molecule has 0 aromatic heterocycles. The van der Waals surface area contributed by atoms with E-state index in [4.69, 9.17) is 11.6 Å². The Morgan fingerprint density at radius 2 is 1.72 bits per heavy atom. The van der Waals surface area contributed by atoms with E-state index >= 15 is 0 Å². The van der Waals surface area contributed by atoms with E-state index in [1.165, 1.54) is 23.2 Å². The number of fused-ring (bicyclic) bond motifs is 1. The molecule has 0 radical (unpaired) electrons. The van der Waals surface area contributed by atoms with Crippen molar-refractivity contribution in [1.29, 1.82) is 0 Å². The largest absolute Gasteiger partial charge is 0.333 e. The number of rotatable bonds is 3. The van der Waals surface area contributed by atoms with Crippen molar-refractivity contribution in [2.24, 2.45) is 5.92 Å². The molecule has 1 saturated carbocycles. The maximum Gasteiger partial charge on any atom is 0.254 e. The second-order valence-electron chi connectivity index (χ2n) is 8.87. The Labute approximate surface area is 179 Å². The second kappa shape index (κ2) is 8.56. The highest BCUT2D eigenvalue weighted by atomic mass is 35.5. The van der Waals surface area contributed by atoms with Gasteiger partial charge in [0.25, 0.3) is 5.91 Å². The molecule has 3 atom stereocenters. The minimum absolute atomic E-state index is 0.0594. The number of halogens is 1. The van der Waals surface area contributed by atoms with Crippen LogP contribution in [0.3, 0.4) is 0 Å². The molecule has 1 aromatic carbocycles. The van der Waals surface area contributed by atoms with Crippen LogP contribution in [0.1, 0.15) is 75.1 Å². The summed E-state index contributed by atoms with van der Waals surface area (Å²) in [5.41, 5.74) is 0.431. The molecule has 2 aliphatic heterocycles. The zero-order valence-corrected chi connectivity index (χ0v) is 18.7. The third-order valence-electron chi connectivity index (χ3n) is 6.94. The molecule has 4 rings (SSSR count). The molecule has 1 aromatic rings. The van der Waals surface area contributed by atoms with Gasteiger partial charge in [-0.25, -0.2) is 8.42 Å². The maximum atomic E-state index is 13.4. The van der Waals surface area contributed by atoms with Gasteiger partial charge in [-0.15, -0.1) is 0 Å². The number of hydrogen-bond donors (Lipinski definition) is 0. The number of sulfonamides is 1. The van der Waals surface area contributed by atoms with Gasteiger partial charge in [0.15, 0.2) is 0 Å². The van der Waals surface area contributed by atoms with Gasteiger partial charge < -0.3 is 4.90 Å². The van der Waals surface area contributed by atoms with Crippen LogP contribution in [-0.2, 0) is 10.0 Å². The van der Waals surface area contributed by atoms with Gasteiger partial charge in [0.05, 0.1) is 5.02 Å². The van der Waals surface area contributed by atoms with Crippen LogP contribution in [-0.4, -0.2) is 48.7 Å². The molecule has 0 bridgehead atoms. The van der Waals surface area contributed by atoms with Crippen LogP contribution in [0.5, 0.6) is 0 Å². The maximum absolute atomic E-state index is 13.4. The topological polar surface area (TPSA) is 57.7 Å². The summed E-state index contributed by atoms with van der Waals surface area (Å²) in [6, 6.07) is 5.23. The van der Waals surface area contributed by atoms with E-state index in [-0.39, 0.29) is 27.9 Å². The van der Waals surface area contributed by atoms with E-state index < -0.39 is 10.0 Å². The van der Waals surface area contributed by atoms with Crippen molar-refractivity contribution in [3.63, 3.8) is 0 Å². The molecule has 3 aliphatic rings. The van der Waals surface area contributed by atoms with E-state index in [1.807, 2.05) is 4.90 Å². The van der Waals surface area contributed by atoms with Crippen LogP contribution < -0.4 is 0 Å². The number of nitrogens with zero attached hydrogens (tertiary/aromatic N) is 2. The number of carbonyl (C=O) groups is 1. The molecule has 2 heterocycles. The lowest BCUT2D eigenvalue weighted by atomic mass is 9.85. The Morgan fingerprint density at radius 3 is 2.45 bits per heavy atom. The summed E-state index contributed by atoms with van der Waals surface area (Å²) in [6.07, 6.45) is 9.52. The molecule has 0 N–H and O–H groups in total. The van der Waals surface area contributed by atoms with Crippen LogP contribution >= 0.6 is 11.6 Å². The zero-order chi connectivity index (χ0) is 20.6. The SMILES string of the molecule is CC1CC2CCCCC2N1C(=O)c1ccc(Cl)c(S(=O)(=O)N2CCCCCC2)c1. The van der Waals surface area contributed by atoms with Gasteiger partial charge in [-0.1, -0.05) is 37.3 Å². The average Bonchev–Trinajstić information content (AvgIpc) is 2.86. The number of benzene rings is 1. The fraction of sp³-hybridized carbons (Fsp3) is 0.682. The molecule has 5 nitrogen and oxygen atoms in total. The van der Waals surface area contributed by atoms with Gasteiger partial charge in [0.1, 0.15) is 4.90 Å². The fourth-order valence-electron chi connectivity index (χ4n) is 5.46. The minimum atomic E-state index is -3.70. The molecular formula is C22H31ClN2O3S. The van der Waals surface area contributed by atoms with Crippen molar-refractivity contribution in [2.75, 3.05) is 13.1 Å². The summed E-state index contributed by atoms with van der Waals surface area (Å²) >= 11 is 6.31. The summed E-state index contributed by atoms with van der Waals surface area (Å²) in [4.78, 5) is 15.5. The third kappa shape index (κ3) is 4.08. The first-order chi connectivity index (χ1) is 13.9. The predicted octanol–water partition coefficient (Wildman–Crippen LogP) is 4.70. The van der Waals surface area contributed by atoms with Crippen molar-refractivity contribution < 1.29 is 13.2 Å². The Hall–Kier alpha value is -1.11. The van der Waals surface area contributed by atoms with E-state index in [9.17, 15) is 13.2 Å². The summed E-state index contributed by atoms with van der Waals surface area (Å²) in [5.74, 6) is 0.520. The average molecular weight is 439 g/mol. The van der Waals surface area contributed by atoms with Gasteiger partial charge >= 0.3 is 0 Å². The highest BCUT2D eigenvalue weighted by Crippen LogP contribution is 2.40. The molecule has 160 valence electrons. The molecule has 2 saturated heterocycles. The Bertz CT molecular complexity index is 865. The van der Waals surface area contributed by atoms with Gasteiger partial charge in [-0.3, -0.25) is 4.79 Å². The number of hydrogen-bond acceptors (Lipinski definition) is 3. The smallest absolute Gasteiger partial charge is 0.254 e. The summed E-state index contributed by atoms with van der Waals surface area (Å²) in [6.45, 7) is 3.15. The Balaban J connectivity index is 1.63. The second-order valence-corrected chi connectivity index (χ2v) is 11.2. The number of amides is 1. The molecule has 29 heavy (non-hydrogen) atoms. The summed E-state index contributed by atoms with van der Waals surface area (Å²) in [7, 11) is -3.70. The van der Waals surface area contributed by atoms with E-state index in [0.29, 0.717) is 24.6 Å². The number of likely N-dealkylation sites (tertiary alicyclic amines) is 1. The minimum Gasteiger partial charge on any atom is -0.333 e. The van der Waals surface area contributed by atoms with Gasteiger partial charge in [-0.05, 0) is 63.1 Å². The predicted molar refractivity (Wildman–Crippen MR) is 115 cm³/mol. The summed E-state index contributed by atoms with van der Waals surface area (Å²) < 4.78 is 28.1. The first-order valence-electron chi connectivity index (χ1n) is 11.0. The van der Waals surface area contributed by atoms with Gasteiger partial charge in [-0.2, -0.15) is 4.31 Å². The van der Waals surface area contributed by atoms with Crippen LogP contribution in [0.15, 0.2) is 23.1 Å². The monoisotopic (exact) mass is 438 g/mol. The molecule has 3 fully saturated rings. The molecule has 1 amide bonds. The van der Waals surface area contributed by atoms with Gasteiger partial charge in [0.2, 0.25) is 10.0 Å². The fourth-order valence-corrected chi connectivity index (χ4v) is 7.48. The standard InChI is InChI=1S/C22H31ClN2O3S/c1-16-14-17-8-4-5-9-20(17)25(16)22(26)18-10-11-19(23)21(15-18)29(27,28)24-12-6-2-3-7-13-24/h10-11,15-17,20H,2-9,12-14H2,1H3. The van der Waals surface area contributed by atoms with Crippen LogP contribution in [0, 0.1) is 5.92 Å². The van der Waals surface area contributed by atoms with Crippen molar-refractivity contribution in [1.82, 2.24) is 9.21 Å². The van der Waals surface area contributed by atoms with Crippen LogP contribution in [0.4, 0.5) is 0 Å². The van der Waals surface area contributed by atoms with Crippen molar-refractivity contribution in [2.45, 2.75) is 81.7 Å².